The van der Waals surface area contributed by atoms with Crippen molar-refractivity contribution in [1.82, 2.24) is 15.0 Å². The number of aliphatic imine (C=N–C) groups is 1. The van der Waals surface area contributed by atoms with Gasteiger partial charge in [0, 0.05) is 30.0 Å². The zero-order valence-corrected chi connectivity index (χ0v) is 13.7. The van der Waals surface area contributed by atoms with Crippen LogP contribution in [0.25, 0.3) is 28.3 Å². The number of rotatable bonds is 4. The van der Waals surface area contributed by atoms with Gasteiger partial charge < -0.3 is 0 Å². The molecule has 2 aromatic carbocycles. The molecule has 0 aliphatic carbocycles. The average Bonchev–Trinajstić information content (AvgIpc) is 2.67. The van der Waals surface area contributed by atoms with Gasteiger partial charge in [0.05, 0.1) is 0 Å². The van der Waals surface area contributed by atoms with E-state index in [1.165, 1.54) is 0 Å². The molecule has 3 aromatic rings. The molecular weight excluding hydrogens is 296 g/mol. The minimum atomic E-state index is 0.621. The number of aromatic nitrogens is 3. The Balaban J connectivity index is 2.20. The van der Waals surface area contributed by atoms with E-state index in [0.717, 1.165) is 16.7 Å². The SMILES string of the molecule is C/C=C(\C=NC)c1nc(-c2ccccc2)nc(-c2ccccc2)n1. The van der Waals surface area contributed by atoms with Crippen molar-refractivity contribution in [3.05, 3.63) is 72.6 Å². The van der Waals surface area contributed by atoms with Crippen LogP contribution in [0.4, 0.5) is 0 Å². The highest BCUT2D eigenvalue weighted by Crippen LogP contribution is 2.22. The largest absolute Gasteiger partial charge is 0.296 e. The first-order valence-electron chi connectivity index (χ1n) is 7.77. The molecule has 0 aliphatic rings. The van der Waals surface area contributed by atoms with E-state index in [2.05, 4.69) is 19.9 Å². The summed E-state index contributed by atoms with van der Waals surface area (Å²) >= 11 is 0. The van der Waals surface area contributed by atoms with E-state index in [1.54, 1.807) is 13.3 Å². The van der Waals surface area contributed by atoms with Crippen LogP contribution in [0.15, 0.2) is 71.7 Å². The van der Waals surface area contributed by atoms with Crippen molar-refractivity contribution in [1.29, 1.82) is 0 Å². The molecule has 0 atom stereocenters. The first kappa shape index (κ1) is 15.7. The molecule has 0 unspecified atom stereocenters. The highest BCUT2D eigenvalue weighted by Gasteiger charge is 2.12. The Bertz CT molecular complexity index is 811. The molecule has 4 nitrogen and oxygen atoms in total. The second-order valence-corrected chi connectivity index (χ2v) is 5.17. The number of benzene rings is 2. The molecule has 1 aromatic heterocycles. The zero-order valence-electron chi connectivity index (χ0n) is 13.7. The molecule has 0 bridgehead atoms. The van der Waals surface area contributed by atoms with Crippen molar-refractivity contribution in [2.24, 2.45) is 4.99 Å². The van der Waals surface area contributed by atoms with Gasteiger partial charge in [-0.25, -0.2) is 15.0 Å². The van der Waals surface area contributed by atoms with Gasteiger partial charge in [0.2, 0.25) is 0 Å². The normalized spacial score (nSPS) is 11.8. The van der Waals surface area contributed by atoms with E-state index in [1.807, 2.05) is 73.7 Å². The van der Waals surface area contributed by atoms with Crippen molar-refractivity contribution in [2.45, 2.75) is 6.92 Å². The Labute approximate surface area is 141 Å². The molecule has 0 N–H and O–H groups in total. The number of hydrogen-bond acceptors (Lipinski definition) is 4. The summed E-state index contributed by atoms with van der Waals surface area (Å²) < 4.78 is 0. The standard InChI is InChI=1S/C20H18N4/c1-3-15(14-21-2)18-22-19(16-10-6-4-7-11-16)24-20(23-18)17-12-8-5-9-13-17/h3-14H,1-2H3/b15-3+,21-14?. The summed E-state index contributed by atoms with van der Waals surface area (Å²) in [6.45, 7) is 1.95. The van der Waals surface area contributed by atoms with Gasteiger partial charge in [-0.3, -0.25) is 4.99 Å². The molecule has 118 valence electrons. The monoisotopic (exact) mass is 314 g/mol. The number of nitrogens with zero attached hydrogens (tertiary/aromatic N) is 4. The van der Waals surface area contributed by atoms with Crippen molar-refractivity contribution in [3.8, 4) is 22.8 Å². The molecule has 0 radical (unpaired) electrons. The summed E-state index contributed by atoms with van der Waals surface area (Å²) in [6, 6.07) is 19.9. The van der Waals surface area contributed by atoms with Crippen LogP contribution in [0.5, 0.6) is 0 Å². The molecule has 0 fully saturated rings. The number of hydrogen-bond donors (Lipinski definition) is 0. The van der Waals surface area contributed by atoms with E-state index >= 15 is 0 Å². The minimum absolute atomic E-state index is 0.621. The molecule has 0 saturated carbocycles. The molecule has 3 rings (SSSR count). The highest BCUT2D eigenvalue weighted by molar-refractivity contribution is 6.08. The van der Waals surface area contributed by atoms with Gasteiger partial charge in [-0.15, -0.1) is 0 Å². The van der Waals surface area contributed by atoms with E-state index < -0.39 is 0 Å². The topological polar surface area (TPSA) is 51.0 Å². The van der Waals surface area contributed by atoms with Crippen molar-refractivity contribution < 1.29 is 0 Å². The predicted molar refractivity (Wildman–Crippen MR) is 98.8 cm³/mol. The Hall–Kier alpha value is -3.14. The molecule has 0 saturated heterocycles. The summed E-state index contributed by atoms with van der Waals surface area (Å²) in [7, 11) is 1.74. The second-order valence-electron chi connectivity index (χ2n) is 5.17. The van der Waals surface area contributed by atoms with Gasteiger partial charge in [-0.05, 0) is 6.92 Å². The first-order chi connectivity index (χ1) is 11.8. The van der Waals surface area contributed by atoms with Crippen molar-refractivity contribution in [3.63, 3.8) is 0 Å². The molecule has 4 heteroatoms. The van der Waals surface area contributed by atoms with E-state index in [4.69, 9.17) is 0 Å². The fourth-order valence-corrected chi connectivity index (χ4v) is 2.34. The molecule has 24 heavy (non-hydrogen) atoms. The Morgan fingerprint density at radius 1 is 0.792 bits per heavy atom. The quantitative estimate of drug-likeness (QED) is 0.674. The lowest BCUT2D eigenvalue weighted by Gasteiger charge is -2.08. The smallest absolute Gasteiger partial charge is 0.165 e. The van der Waals surface area contributed by atoms with Crippen LogP contribution in [-0.2, 0) is 0 Å². The van der Waals surface area contributed by atoms with Gasteiger partial charge in [0.1, 0.15) is 0 Å². The summed E-state index contributed by atoms with van der Waals surface area (Å²) in [5, 5.41) is 0. The van der Waals surface area contributed by atoms with Crippen LogP contribution < -0.4 is 0 Å². The molecule has 0 aliphatic heterocycles. The fourth-order valence-electron chi connectivity index (χ4n) is 2.34. The van der Waals surface area contributed by atoms with Gasteiger partial charge in [0.15, 0.2) is 17.5 Å². The maximum absolute atomic E-state index is 4.66. The molecule has 1 heterocycles. The second kappa shape index (κ2) is 7.42. The van der Waals surface area contributed by atoms with Crippen LogP contribution in [0, 0.1) is 0 Å². The Kier molecular flexibility index (Phi) is 4.87. The summed E-state index contributed by atoms with van der Waals surface area (Å²) in [4.78, 5) is 18.0. The van der Waals surface area contributed by atoms with Gasteiger partial charge in [-0.1, -0.05) is 66.7 Å². The molecular formula is C20H18N4. The van der Waals surface area contributed by atoms with E-state index in [0.29, 0.717) is 17.5 Å². The van der Waals surface area contributed by atoms with Crippen LogP contribution in [-0.4, -0.2) is 28.2 Å². The maximum atomic E-state index is 4.66. The maximum Gasteiger partial charge on any atom is 0.165 e. The first-order valence-corrected chi connectivity index (χ1v) is 7.77. The third-order valence-corrected chi connectivity index (χ3v) is 3.54. The lowest BCUT2D eigenvalue weighted by atomic mass is 10.1. The fraction of sp³-hybridized carbons (Fsp3) is 0.100. The Morgan fingerprint density at radius 3 is 1.71 bits per heavy atom. The van der Waals surface area contributed by atoms with E-state index in [9.17, 15) is 0 Å². The summed E-state index contributed by atoms with van der Waals surface area (Å²) in [6.07, 6.45) is 3.71. The highest BCUT2D eigenvalue weighted by atomic mass is 15.0. The molecule has 0 amide bonds. The van der Waals surface area contributed by atoms with Gasteiger partial charge in [0.25, 0.3) is 0 Å². The number of allylic oxidation sites excluding steroid dienone is 2. The third-order valence-electron chi connectivity index (χ3n) is 3.54. The lowest BCUT2D eigenvalue weighted by molar-refractivity contribution is 1.04. The van der Waals surface area contributed by atoms with Crippen LogP contribution >= 0.6 is 0 Å². The van der Waals surface area contributed by atoms with Crippen molar-refractivity contribution >= 4 is 11.8 Å². The molecule has 0 spiro atoms. The third kappa shape index (κ3) is 3.43. The van der Waals surface area contributed by atoms with Crippen LogP contribution in [0.2, 0.25) is 0 Å². The Morgan fingerprint density at radius 2 is 1.29 bits per heavy atom. The lowest BCUT2D eigenvalue weighted by Crippen LogP contribution is -2.03. The zero-order chi connectivity index (χ0) is 16.8. The minimum Gasteiger partial charge on any atom is -0.296 e. The average molecular weight is 314 g/mol. The van der Waals surface area contributed by atoms with E-state index in [-0.39, 0.29) is 0 Å². The summed E-state index contributed by atoms with van der Waals surface area (Å²) in [5.41, 5.74) is 2.79. The van der Waals surface area contributed by atoms with Gasteiger partial charge >= 0.3 is 0 Å². The predicted octanol–water partition coefficient (Wildman–Crippen LogP) is 4.31. The summed E-state index contributed by atoms with van der Waals surface area (Å²) in [5.74, 6) is 1.93. The van der Waals surface area contributed by atoms with Crippen molar-refractivity contribution in [2.75, 3.05) is 7.05 Å². The van der Waals surface area contributed by atoms with Crippen LogP contribution in [0.3, 0.4) is 0 Å². The van der Waals surface area contributed by atoms with Crippen LogP contribution in [0.1, 0.15) is 12.7 Å². The van der Waals surface area contributed by atoms with Gasteiger partial charge in [-0.2, -0.15) is 0 Å².